The first-order chi connectivity index (χ1) is 7.78. The number of alkyl halides is 1. The minimum absolute atomic E-state index is 0.183. The summed E-state index contributed by atoms with van der Waals surface area (Å²) in [5, 5.41) is 0. The smallest absolute Gasteiger partial charge is 0.145 e. The van der Waals surface area contributed by atoms with Crippen LogP contribution in [-0.2, 0) is 4.74 Å². The van der Waals surface area contributed by atoms with Crippen molar-refractivity contribution in [1.82, 2.24) is 0 Å². The number of hydrogen-bond donors (Lipinski definition) is 1. The molecule has 0 spiro atoms. The summed E-state index contributed by atoms with van der Waals surface area (Å²) in [6.45, 7) is 1.33. The fourth-order valence-electron chi connectivity index (χ4n) is 1.27. The van der Waals surface area contributed by atoms with E-state index in [1.807, 2.05) is 24.3 Å². The molecule has 0 bridgehead atoms. The lowest BCUT2D eigenvalue weighted by Crippen LogP contribution is -2.38. The highest BCUT2D eigenvalue weighted by Crippen LogP contribution is 2.20. The number of nitrogens with two attached hydrogens (primary N) is 1. The number of hydrogen-bond acceptors (Lipinski definition) is 3. The topological polar surface area (TPSA) is 56.8 Å². The monoisotopic (exact) mass is 240 g/mol. The van der Waals surface area contributed by atoms with Crippen LogP contribution in [0.2, 0.25) is 0 Å². The normalized spacial score (nSPS) is 16.9. The van der Waals surface area contributed by atoms with Crippen molar-refractivity contribution in [3.63, 3.8) is 0 Å². The van der Waals surface area contributed by atoms with E-state index < -0.39 is 0 Å². The number of halogens is 1. The highest BCUT2D eigenvalue weighted by Gasteiger charge is 2.19. The molecule has 0 unspecified atom stereocenters. The van der Waals surface area contributed by atoms with E-state index in [9.17, 15) is 0 Å². The van der Waals surface area contributed by atoms with Crippen LogP contribution in [0.15, 0.2) is 29.3 Å². The Morgan fingerprint density at radius 3 is 2.62 bits per heavy atom. The zero-order valence-electron chi connectivity index (χ0n) is 8.73. The van der Waals surface area contributed by atoms with E-state index in [1.54, 1.807) is 0 Å². The van der Waals surface area contributed by atoms with Crippen molar-refractivity contribution in [3.05, 3.63) is 24.3 Å². The minimum Gasteiger partial charge on any atom is -0.486 e. The highest BCUT2D eigenvalue weighted by atomic mass is 35.5. The zero-order valence-corrected chi connectivity index (χ0v) is 9.48. The molecule has 1 heterocycles. The molecule has 1 aromatic carbocycles. The van der Waals surface area contributed by atoms with Gasteiger partial charge >= 0.3 is 0 Å². The predicted octanol–water partition coefficient (Wildman–Crippen LogP) is 1.69. The van der Waals surface area contributed by atoms with E-state index in [2.05, 4.69) is 4.99 Å². The number of nitrogens with zero attached hydrogens (tertiary/aromatic N) is 1. The van der Waals surface area contributed by atoms with E-state index in [0.717, 1.165) is 11.4 Å². The van der Waals surface area contributed by atoms with Gasteiger partial charge in [0.15, 0.2) is 0 Å². The lowest BCUT2D eigenvalue weighted by Gasteiger charge is -2.26. The number of amidine groups is 1. The number of aliphatic imine (C=N–C) groups is 1. The second-order valence-corrected chi connectivity index (χ2v) is 3.78. The molecule has 86 valence electrons. The Balaban J connectivity index is 1.98. The van der Waals surface area contributed by atoms with Gasteiger partial charge in [-0.25, -0.2) is 4.99 Å². The van der Waals surface area contributed by atoms with Gasteiger partial charge in [0, 0.05) is 0 Å². The van der Waals surface area contributed by atoms with E-state index >= 15 is 0 Å². The Labute approximate surface area is 99.0 Å². The molecule has 1 aromatic rings. The largest absolute Gasteiger partial charge is 0.486 e. The molecular weight excluding hydrogens is 228 g/mol. The SMILES string of the molecule is NC(CCl)=Nc1ccc(OC2COC2)cc1. The van der Waals surface area contributed by atoms with Crippen molar-refractivity contribution in [3.8, 4) is 5.75 Å². The van der Waals surface area contributed by atoms with Crippen molar-refractivity contribution in [2.75, 3.05) is 19.1 Å². The lowest BCUT2D eigenvalue weighted by molar-refractivity contribution is -0.0796. The Bertz CT molecular complexity index is 374. The fourth-order valence-corrected chi connectivity index (χ4v) is 1.33. The van der Waals surface area contributed by atoms with E-state index in [0.29, 0.717) is 19.0 Å². The molecule has 1 aliphatic rings. The molecule has 1 aliphatic heterocycles. The van der Waals surface area contributed by atoms with Gasteiger partial charge in [0.25, 0.3) is 0 Å². The van der Waals surface area contributed by atoms with E-state index in [-0.39, 0.29) is 12.0 Å². The summed E-state index contributed by atoms with van der Waals surface area (Å²) < 4.78 is 10.6. The maximum atomic E-state index is 5.61. The third-order valence-corrected chi connectivity index (χ3v) is 2.43. The summed E-state index contributed by atoms with van der Waals surface area (Å²) in [5.74, 6) is 1.46. The number of rotatable bonds is 4. The van der Waals surface area contributed by atoms with Crippen LogP contribution >= 0.6 is 11.6 Å². The number of ether oxygens (including phenoxy) is 2. The lowest BCUT2D eigenvalue weighted by atomic mass is 10.3. The first-order valence-electron chi connectivity index (χ1n) is 5.01. The Hall–Kier alpha value is -1.26. The molecule has 0 amide bonds. The standard InChI is InChI=1S/C11H13ClN2O2/c12-5-11(13)14-8-1-3-9(4-2-8)16-10-6-15-7-10/h1-4,10H,5-7H2,(H2,13,14). The average Bonchev–Trinajstić information content (AvgIpc) is 2.25. The molecule has 16 heavy (non-hydrogen) atoms. The second kappa shape index (κ2) is 5.18. The third kappa shape index (κ3) is 2.87. The summed E-state index contributed by atoms with van der Waals surface area (Å²) >= 11 is 5.53. The van der Waals surface area contributed by atoms with Crippen molar-refractivity contribution < 1.29 is 9.47 Å². The Morgan fingerprint density at radius 2 is 2.12 bits per heavy atom. The van der Waals surface area contributed by atoms with Gasteiger partial charge in [-0.3, -0.25) is 0 Å². The Morgan fingerprint density at radius 1 is 1.44 bits per heavy atom. The van der Waals surface area contributed by atoms with E-state index in [4.69, 9.17) is 26.8 Å². The molecule has 0 aromatic heterocycles. The summed E-state index contributed by atoms with van der Waals surface area (Å²) in [6.07, 6.45) is 0.183. The molecule has 0 atom stereocenters. The summed E-state index contributed by atoms with van der Waals surface area (Å²) in [7, 11) is 0. The van der Waals surface area contributed by atoms with Gasteiger partial charge in [-0.05, 0) is 24.3 Å². The maximum absolute atomic E-state index is 5.61. The quantitative estimate of drug-likeness (QED) is 0.495. The van der Waals surface area contributed by atoms with Gasteiger partial charge in [0.2, 0.25) is 0 Å². The number of benzene rings is 1. The molecule has 0 saturated carbocycles. The second-order valence-electron chi connectivity index (χ2n) is 3.51. The zero-order chi connectivity index (χ0) is 11.4. The van der Waals surface area contributed by atoms with Crippen LogP contribution in [0.1, 0.15) is 0 Å². The van der Waals surface area contributed by atoms with Crippen LogP contribution in [0, 0.1) is 0 Å². The van der Waals surface area contributed by atoms with Crippen molar-refractivity contribution in [1.29, 1.82) is 0 Å². The molecule has 1 fully saturated rings. The fraction of sp³-hybridized carbons (Fsp3) is 0.364. The van der Waals surface area contributed by atoms with Gasteiger partial charge in [-0.15, -0.1) is 11.6 Å². The van der Waals surface area contributed by atoms with Gasteiger partial charge in [0.1, 0.15) is 17.7 Å². The average molecular weight is 241 g/mol. The van der Waals surface area contributed by atoms with Gasteiger partial charge in [0.05, 0.1) is 24.8 Å². The van der Waals surface area contributed by atoms with Crippen molar-refractivity contribution >= 4 is 23.1 Å². The highest BCUT2D eigenvalue weighted by molar-refractivity contribution is 6.28. The first-order valence-corrected chi connectivity index (χ1v) is 5.55. The summed E-state index contributed by atoms with van der Waals surface area (Å²) in [4.78, 5) is 4.11. The van der Waals surface area contributed by atoms with Crippen LogP contribution < -0.4 is 10.5 Å². The van der Waals surface area contributed by atoms with Crippen LogP contribution in [0.25, 0.3) is 0 Å². The molecule has 0 radical (unpaired) electrons. The van der Waals surface area contributed by atoms with Gasteiger partial charge < -0.3 is 15.2 Å². The summed E-state index contributed by atoms with van der Waals surface area (Å²) in [5.41, 5.74) is 6.30. The molecule has 1 saturated heterocycles. The van der Waals surface area contributed by atoms with Crippen LogP contribution in [0.3, 0.4) is 0 Å². The molecular formula is C11H13ClN2O2. The van der Waals surface area contributed by atoms with Crippen LogP contribution in [0.5, 0.6) is 5.75 Å². The maximum Gasteiger partial charge on any atom is 0.145 e. The predicted molar refractivity (Wildman–Crippen MR) is 63.7 cm³/mol. The van der Waals surface area contributed by atoms with Gasteiger partial charge in [-0.1, -0.05) is 0 Å². The molecule has 2 N–H and O–H groups in total. The minimum atomic E-state index is 0.183. The molecule has 5 heteroatoms. The van der Waals surface area contributed by atoms with Gasteiger partial charge in [-0.2, -0.15) is 0 Å². The van der Waals surface area contributed by atoms with Crippen molar-refractivity contribution in [2.24, 2.45) is 10.7 Å². The molecule has 0 aliphatic carbocycles. The summed E-state index contributed by atoms with van der Waals surface area (Å²) in [6, 6.07) is 7.40. The van der Waals surface area contributed by atoms with E-state index in [1.165, 1.54) is 0 Å². The van der Waals surface area contributed by atoms with Crippen LogP contribution in [0.4, 0.5) is 5.69 Å². The first kappa shape index (κ1) is 11.2. The Kier molecular flexibility index (Phi) is 3.64. The molecule has 4 nitrogen and oxygen atoms in total. The third-order valence-electron chi connectivity index (χ3n) is 2.16. The van der Waals surface area contributed by atoms with Crippen molar-refractivity contribution in [2.45, 2.75) is 6.10 Å². The van der Waals surface area contributed by atoms with Crippen LogP contribution in [-0.4, -0.2) is 31.0 Å². The molecule has 2 rings (SSSR count).